The number of halogens is 1. The van der Waals surface area contributed by atoms with E-state index in [2.05, 4.69) is 20.9 Å². The van der Waals surface area contributed by atoms with Crippen LogP contribution < -0.4 is 0 Å². The second kappa shape index (κ2) is 4.77. The van der Waals surface area contributed by atoms with E-state index in [4.69, 9.17) is 0 Å². The number of hydrogen-bond donors (Lipinski definition) is 2. The maximum atomic E-state index is 9.59. The van der Waals surface area contributed by atoms with E-state index in [1.165, 1.54) is 0 Å². The largest absolute Gasteiger partial charge is 0.363 e. The Morgan fingerprint density at radius 3 is 2.47 bits per heavy atom. The fourth-order valence-electron chi connectivity index (χ4n) is 2.08. The zero-order valence-electron chi connectivity index (χ0n) is 9.86. The Labute approximate surface area is 118 Å². The molecule has 2 N–H and O–H groups in total. The molecule has 3 rings (SSSR count). The van der Waals surface area contributed by atoms with Gasteiger partial charge in [0.25, 0.3) is 0 Å². The molecule has 0 radical (unpaired) electrons. The molecule has 19 heavy (non-hydrogen) atoms. The van der Waals surface area contributed by atoms with Crippen molar-refractivity contribution in [1.82, 2.24) is 9.38 Å². The molecule has 96 valence electrons. The molecule has 0 spiro atoms. The van der Waals surface area contributed by atoms with Gasteiger partial charge in [-0.1, -0.05) is 34.1 Å². The lowest BCUT2D eigenvalue weighted by atomic mass is 10.1. The Balaban J connectivity index is 2.28. The Kier molecular flexibility index (Phi) is 3.10. The molecule has 0 aliphatic rings. The average Bonchev–Trinajstić information content (AvgIpc) is 2.78. The molecule has 2 aromatic heterocycles. The first-order chi connectivity index (χ1) is 9.16. The van der Waals surface area contributed by atoms with E-state index in [1.807, 2.05) is 42.5 Å². The van der Waals surface area contributed by atoms with Crippen LogP contribution in [0.5, 0.6) is 0 Å². The lowest BCUT2D eigenvalue weighted by molar-refractivity contribution is -0.0459. The highest BCUT2D eigenvalue weighted by Crippen LogP contribution is 2.28. The van der Waals surface area contributed by atoms with Gasteiger partial charge in [-0.25, -0.2) is 4.98 Å². The van der Waals surface area contributed by atoms with Gasteiger partial charge in [-0.3, -0.25) is 4.40 Å². The van der Waals surface area contributed by atoms with Crippen molar-refractivity contribution < 1.29 is 10.2 Å². The van der Waals surface area contributed by atoms with Gasteiger partial charge in [-0.05, 0) is 24.3 Å². The molecule has 2 heterocycles. The van der Waals surface area contributed by atoms with Crippen LogP contribution in [0.2, 0.25) is 0 Å². The van der Waals surface area contributed by atoms with E-state index < -0.39 is 6.29 Å². The molecule has 0 amide bonds. The number of fused-ring (bicyclic) bond motifs is 1. The van der Waals surface area contributed by atoms with Gasteiger partial charge in [-0.15, -0.1) is 0 Å². The van der Waals surface area contributed by atoms with Crippen LogP contribution in [0, 0.1) is 0 Å². The van der Waals surface area contributed by atoms with Crippen LogP contribution in [-0.2, 0) is 0 Å². The fraction of sp³-hybridized carbons (Fsp3) is 0.0714. The van der Waals surface area contributed by atoms with Crippen molar-refractivity contribution in [2.75, 3.05) is 0 Å². The molecule has 0 unspecified atom stereocenters. The lowest BCUT2D eigenvalue weighted by Crippen LogP contribution is -2.01. The van der Waals surface area contributed by atoms with Gasteiger partial charge in [0.15, 0.2) is 6.29 Å². The minimum Gasteiger partial charge on any atom is -0.363 e. The highest BCUT2D eigenvalue weighted by Gasteiger charge is 2.18. The van der Waals surface area contributed by atoms with E-state index in [9.17, 15) is 10.2 Å². The predicted molar refractivity (Wildman–Crippen MR) is 75.5 cm³/mol. The number of aromatic nitrogens is 2. The van der Waals surface area contributed by atoms with Gasteiger partial charge in [0, 0.05) is 16.2 Å². The van der Waals surface area contributed by atoms with Gasteiger partial charge in [0.1, 0.15) is 11.3 Å². The summed E-state index contributed by atoms with van der Waals surface area (Å²) in [6.07, 6.45) is 0.190. The average molecular weight is 319 g/mol. The number of hydrogen-bond acceptors (Lipinski definition) is 3. The number of nitrogens with zero attached hydrogens (tertiary/aromatic N) is 2. The molecular weight excluding hydrogens is 308 g/mol. The number of aliphatic hydroxyl groups excluding tert-OH is 1. The van der Waals surface area contributed by atoms with Gasteiger partial charge in [0.05, 0.1) is 5.69 Å². The topological polar surface area (TPSA) is 57.8 Å². The maximum Gasteiger partial charge on any atom is 0.196 e. The summed E-state index contributed by atoms with van der Waals surface area (Å²) in [6.45, 7) is 0. The third-order valence-electron chi connectivity index (χ3n) is 2.93. The number of imidazole rings is 1. The minimum absolute atomic E-state index is 0.373. The van der Waals surface area contributed by atoms with E-state index in [0.717, 1.165) is 10.0 Å². The van der Waals surface area contributed by atoms with Crippen LogP contribution in [0.3, 0.4) is 0 Å². The van der Waals surface area contributed by atoms with Crippen molar-refractivity contribution in [3.8, 4) is 11.3 Å². The maximum absolute atomic E-state index is 9.59. The van der Waals surface area contributed by atoms with E-state index in [0.29, 0.717) is 17.0 Å². The van der Waals surface area contributed by atoms with Crippen LogP contribution in [0.1, 0.15) is 12.0 Å². The first kappa shape index (κ1) is 12.3. The summed E-state index contributed by atoms with van der Waals surface area (Å²) in [5, 5.41) is 19.2. The van der Waals surface area contributed by atoms with Crippen molar-refractivity contribution in [3.63, 3.8) is 0 Å². The molecule has 0 aliphatic carbocycles. The third-order valence-corrected chi connectivity index (χ3v) is 3.46. The second-order valence-electron chi connectivity index (χ2n) is 4.16. The Hall–Kier alpha value is -1.69. The Morgan fingerprint density at radius 1 is 1.05 bits per heavy atom. The lowest BCUT2D eigenvalue weighted by Gasteiger charge is -2.06. The molecule has 0 saturated carbocycles. The highest BCUT2D eigenvalue weighted by molar-refractivity contribution is 9.10. The van der Waals surface area contributed by atoms with Gasteiger partial charge in [-0.2, -0.15) is 0 Å². The fourth-order valence-corrected chi connectivity index (χ4v) is 2.35. The van der Waals surface area contributed by atoms with Crippen molar-refractivity contribution in [2.45, 2.75) is 6.29 Å². The van der Waals surface area contributed by atoms with Crippen LogP contribution in [0.25, 0.3) is 16.9 Å². The van der Waals surface area contributed by atoms with Crippen molar-refractivity contribution in [2.24, 2.45) is 0 Å². The van der Waals surface area contributed by atoms with Gasteiger partial charge >= 0.3 is 0 Å². The van der Waals surface area contributed by atoms with E-state index >= 15 is 0 Å². The van der Waals surface area contributed by atoms with Crippen molar-refractivity contribution >= 4 is 21.6 Å². The first-order valence-electron chi connectivity index (χ1n) is 5.76. The SMILES string of the molecule is OC(O)c1c(-c2ccc(Br)cc2)nc2ccccn12. The molecule has 5 heteroatoms. The summed E-state index contributed by atoms with van der Waals surface area (Å²) < 4.78 is 2.65. The number of benzene rings is 1. The summed E-state index contributed by atoms with van der Waals surface area (Å²) in [7, 11) is 0. The smallest absolute Gasteiger partial charge is 0.196 e. The summed E-state index contributed by atoms with van der Waals surface area (Å²) in [5.74, 6) is 0. The molecule has 0 saturated heterocycles. The van der Waals surface area contributed by atoms with Gasteiger partial charge in [0.2, 0.25) is 0 Å². The van der Waals surface area contributed by atoms with Crippen molar-refractivity contribution in [3.05, 3.63) is 58.8 Å². The van der Waals surface area contributed by atoms with Crippen LogP contribution in [-0.4, -0.2) is 19.6 Å². The molecular formula is C14H11BrN2O2. The highest BCUT2D eigenvalue weighted by atomic mass is 79.9. The molecule has 1 aromatic carbocycles. The molecule has 0 fully saturated rings. The normalized spacial score (nSPS) is 11.4. The quantitative estimate of drug-likeness (QED) is 0.714. The van der Waals surface area contributed by atoms with Crippen LogP contribution in [0.4, 0.5) is 0 Å². The number of pyridine rings is 1. The number of aliphatic hydroxyl groups is 2. The molecule has 0 bridgehead atoms. The number of rotatable bonds is 2. The van der Waals surface area contributed by atoms with E-state index in [-0.39, 0.29) is 0 Å². The standard InChI is InChI=1S/C14H11BrN2O2/c15-10-6-4-9(5-7-10)12-13(14(18)19)17-8-2-1-3-11(17)16-12/h1-8,14,18-19H. The van der Waals surface area contributed by atoms with Crippen molar-refractivity contribution in [1.29, 1.82) is 0 Å². The van der Waals surface area contributed by atoms with Crippen LogP contribution in [0.15, 0.2) is 53.1 Å². The zero-order valence-corrected chi connectivity index (χ0v) is 11.4. The summed E-state index contributed by atoms with van der Waals surface area (Å²) in [4.78, 5) is 4.46. The monoisotopic (exact) mass is 318 g/mol. The minimum atomic E-state index is -1.57. The summed E-state index contributed by atoms with van der Waals surface area (Å²) >= 11 is 3.38. The zero-order chi connectivity index (χ0) is 13.4. The second-order valence-corrected chi connectivity index (χ2v) is 5.07. The molecule has 4 nitrogen and oxygen atoms in total. The van der Waals surface area contributed by atoms with E-state index in [1.54, 1.807) is 10.6 Å². The summed E-state index contributed by atoms with van der Waals surface area (Å²) in [6, 6.07) is 13.1. The third kappa shape index (κ3) is 2.16. The Bertz CT molecular complexity index is 720. The van der Waals surface area contributed by atoms with Gasteiger partial charge < -0.3 is 10.2 Å². The first-order valence-corrected chi connectivity index (χ1v) is 6.55. The summed E-state index contributed by atoms with van der Waals surface area (Å²) in [5.41, 5.74) is 2.48. The molecule has 0 aliphatic heterocycles. The molecule has 3 aromatic rings. The Morgan fingerprint density at radius 2 is 1.79 bits per heavy atom. The predicted octanol–water partition coefficient (Wildman–Crippen LogP) is 2.75. The van der Waals surface area contributed by atoms with Crippen LogP contribution >= 0.6 is 15.9 Å². The molecule has 0 atom stereocenters.